The van der Waals surface area contributed by atoms with Gasteiger partial charge in [0.25, 0.3) is 15.9 Å². The fraction of sp³-hybridized carbons (Fsp3) is 0.316. The number of sulfonamides is 1. The minimum Gasteiger partial charge on any atom is -0.337 e. The first kappa shape index (κ1) is 19.3. The zero-order valence-corrected chi connectivity index (χ0v) is 16.0. The first-order chi connectivity index (χ1) is 12.8. The Bertz CT molecular complexity index is 956. The number of amides is 1. The topological polar surface area (TPSA) is 78.5 Å². The van der Waals surface area contributed by atoms with E-state index in [4.69, 9.17) is 0 Å². The molecule has 0 saturated carbocycles. The second-order valence-electron chi connectivity index (χ2n) is 6.62. The summed E-state index contributed by atoms with van der Waals surface area (Å²) in [5.41, 5.74) is 0.764. The van der Waals surface area contributed by atoms with Gasteiger partial charge in [-0.2, -0.15) is 0 Å². The number of anilines is 1. The van der Waals surface area contributed by atoms with Crippen LogP contribution in [-0.4, -0.2) is 45.4 Å². The van der Waals surface area contributed by atoms with E-state index in [9.17, 15) is 17.6 Å². The minimum absolute atomic E-state index is 0.0282. The molecule has 144 valence electrons. The molecule has 0 aromatic heterocycles. The van der Waals surface area contributed by atoms with Crippen LogP contribution in [0, 0.1) is 12.7 Å². The van der Waals surface area contributed by atoms with Gasteiger partial charge in [-0.1, -0.05) is 12.1 Å². The molecule has 0 aliphatic carbocycles. The van der Waals surface area contributed by atoms with E-state index in [0.717, 1.165) is 25.1 Å². The second-order valence-corrected chi connectivity index (χ2v) is 8.27. The molecule has 0 bridgehead atoms. The van der Waals surface area contributed by atoms with Crippen molar-refractivity contribution in [2.45, 2.75) is 24.3 Å². The molecule has 0 spiro atoms. The van der Waals surface area contributed by atoms with Crippen LogP contribution >= 0.6 is 0 Å². The summed E-state index contributed by atoms with van der Waals surface area (Å²) in [7, 11) is -2.24. The molecule has 0 radical (unpaired) electrons. The predicted octanol–water partition coefficient (Wildman–Crippen LogP) is 2.37. The van der Waals surface area contributed by atoms with Crippen molar-refractivity contribution in [3.05, 3.63) is 59.4 Å². The molecule has 1 amide bonds. The number of benzene rings is 2. The summed E-state index contributed by atoms with van der Waals surface area (Å²) in [5.74, 6) is -0.758. The highest BCUT2D eigenvalue weighted by atomic mass is 32.2. The van der Waals surface area contributed by atoms with Crippen LogP contribution in [0.4, 0.5) is 10.1 Å². The third kappa shape index (κ3) is 4.12. The van der Waals surface area contributed by atoms with Crippen molar-refractivity contribution in [1.82, 2.24) is 10.2 Å². The summed E-state index contributed by atoms with van der Waals surface area (Å²) in [6.45, 7) is 3.08. The highest BCUT2D eigenvalue weighted by molar-refractivity contribution is 7.92. The fourth-order valence-electron chi connectivity index (χ4n) is 3.20. The van der Waals surface area contributed by atoms with Crippen LogP contribution in [0.5, 0.6) is 0 Å². The Morgan fingerprint density at radius 2 is 2.00 bits per heavy atom. The van der Waals surface area contributed by atoms with Gasteiger partial charge in [0.1, 0.15) is 5.82 Å². The Labute approximate surface area is 158 Å². The van der Waals surface area contributed by atoms with Crippen molar-refractivity contribution in [3.8, 4) is 0 Å². The lowest BCUT2D eigenvalue weighted by Crippen LogP contribution is -2.38. The quantitative estimate of drug-likeness (QED) is 0.820. The lowest BCUT2D eigenvalue weighted by molar-refractivity contribution is 0.0745. The average molecular weight is 391 g/mol. The van der Waals surface area contributed by atoms with E-state index in [1.165, 1.54) is 13.0 Å². The third-order valence-electron chi connectivity index (χ3n) is 4.73. The van der Waals surface area contributed by atoms with Crippen LogP contribution in [0.2, 0.25) is 0 Å². The van der Waals surface area contributed by atoms with E-state index in [1.54, 1.807) is 36.2 Å². The first-order valence-electron chi connectivity index (χ1n) is 8.65. The number of halogens is 1. The van der Waals surface area contributed by atoms with Crippen LogP contribution in [0.1, 0.15) is 22.3 Å². The molecule has 6 nitrogen and oxygen atoms in total. The highest BCUT2D eigenvalue weighted by Gasteiger charge is 2.27. The van der Waals surface area contributed by atoms with Gasteiger partial charge in [0.2, 0.25) is 0 Å². The number of para-hydroxylation sites is 1. The molecule has 1 atom stereocenters. The molecule has 2 aromatic carbocycles. The van der Waals surface area contributed by atoms with Gasteiger partial charge in [-0.25, -0.2) is 12.8 Å². The minimum atomic E-state index is -3.96. The van der Waals surface area contributed by atoms with Crippen LogP contribution < -0.4 is 10.0 Å². The molecular formula is C19H22FN3O3S. The molecule has 3 rings (SSSR count). The maximum atomic E-state index is 13.3. The van der Waals surface area contributed by atoms with Crippen LogP contribution in [-0.2, 0) is 10.0 Å². The van der Waals surface area contributed by atoms with E-state index < -0.39 is 15.8 Å². The number of carbonyl (C=O) groups is 1. The first-order valence-corrected chi connectivity index (χ1v) is 10.1. The van der Waals surface area contributed by atoms with Crippen LogP contribution in [0.3, 0.4) is 0 Å². The monoisotopic (exact) mass is 391 g/mol. The number of hydrogen-bond acceptors (Lipinski definition) is 4. The molecule has 1 aliphatic rings. The predicted molar refractivity (Wildman–Crippen MR) is 102 cm³/mol. The zero-order chi connectivity index (χ0) is 19.6. The van der Waals surface area contributed by atoms with E-state index in [0.29, 0.717) is 12.1 Å². The van der Waals surface area contributed by atoms with Crippen LogP contribution in [0.15, 0.2) is 47.4 Å². The Morgan fingerprint density at radius 1 is 1.26 bits per heavy atom. The van der Waals surface area contributed by atoms with Crippen molar-refractivity contribution in [1.29, 1.82) is 0 Å². The summed E-state index contributed by atoms with van der Waals surface area (Å²) < 4.78 is 41.3. The number of hydrogen-bond donors (Lipinski definition) is 2. The van der Waals surface area contributed by atoms with Gasteiger partial charge in [-0.15, -0.1) is 0 Å². The normalized spacial score (nSPS) is 16.9. The molecule has 27 heavy (non-hydrogen) atoms. The molecule has 2 N–H and O–H groups in total. The second kappa shape index (κ2) is 7.66. The third-order valence-corrected chi connectivity index (χ3v) is 6.26. The SMILES string of the molecule is Cc1cc(F)ccc1S(=O)(=O)Nc1ccccc1C(=O)N(C)C1CCNC1. The molecular weight excluding hydrogens is 369 g/mol. The van der Waals surface area contributed by atoms with E-state index in [2.05, 4.69) is 10.0 Å². The smallest absolute Gasteiger partial charge is 0.262 e. The van der Waals surface area contributed by atoms with Crippen LogP contribution in [0.25, 0.3) is 0 Å². The number of nitrogens with zero attached hydrogens (tertiary/aromatic N) is 1. The van der Waals surface area contributed by atoms with Gasteiger partial charge < -0.3 is 10.2 Å². The Hall–Kier alpha value is -2.45. The van der Waals surface area contributed by atoms with Gasteiger partial charge in [-0.3, -0.25) is 9.52 Å². The molecule has 1 fully saturated rings. The molecule has 1 aliphatic heterocycles. The largest absolute Gasteiger partial charge is 0.337 e. The van der Waals surface area contributed by atoms with E-state index in [1.807, 2.05) is 0 Å². The fourth-order valence-corrected chi connectivity index (χ4v) is 4.51. The van der Waals surface area contributed by atoms with Crippen molar-refractivity contribution >= 4 is 21.6 Å². The summed E-state index contributed by atoms with van der Waals surface area (Å²) in [6.07, 6.45) is 0.852. The Morgan fingerprint density at radius 3 is 2.67 bits per heavy atom. The number of likely N-dealkylation sites (N-methyl/N-ethyl adjacent to an activating group) is 1. The van der Waals surface area contributed by atoms with Crippen molar-refractivity contribution in [2.24, 2.45) is 0 Å². The number of aryl methyl sites for hydroxylation is 1. The molecule has 1 unspecified atom stereocenters. The number of rotatable bonds is 5. The summed E-state index contributed by atoms with van der Waals surface area (Å²) in [4.78, 5) is 14.5. The summed E-state index contributed by atoms with van der Waals surface area (Å²) in [6, 6.07) is 10.0. The number of carbonyl (C=O) groups excluding carboxylic acids is 1. The van der Waals surface area contributed by atoms with E-state index >= 15 is 0 Å². The Balaban J connectivity index is 1.90. The maximum absolute atomic E-state index is 13.3. The average Bonchev–Trinajstić information content (AvgIpc) is 3.15. The summed E-state index contributed by atoms with van der Waals surface area (Å²) >= 11 is 0. The van der Waals surface area contributed by atoms with Crippen molar-refractivity contribution in [3.63, 3.8) is 0 Å². The molecule has 1 heterocycles. The summed E-state index contributed by atoms with van der Waals surface area (Å²) in [5, 5.41) is 3.21. The molecule has 8 heteroatoms. The Kier molecular flexibility index (Phi) is 5.48. The van der Waals surface area contributed by atoms with Crippen molar-refractivity contribution < 1.29 is 17.6 Å². The zero-order valence-electron chi connectivity index (χ0n) is 15.2. The van der Waals surface area contributed by atoms with Crippen molar-refractivity contribution in [2.75, 3.05) is 24.9 Å². The molecule has 2 aromatic rings. The van der Waals surface area contributed by atoms with E-state index in [-0.39, 0.29) is 28.1 Å². The van der Waals surface area contributed by atoms with Gasteiger partial charge in [0.15, 0.2) is 0 Å². The van der Waals surface area contributed by atoms with Gasteiger partial charge in [-0.05, 0) is 55.8 Å². The number of nitrogens with one attached hydrogen (secondary N) is 2. The van der Waals surface area contributed by atoms with Gasteiger partial charge >= 0.3 is 0 Å². The van der Waals surface area contributed by atoms with Gasteiger partial charge in [0.05, 0.1) is 16.1 Å². The lowest BCUT2D eigenvalue weighted by atomic mass is 10.1. The lowest BCUT2D eigenvalue weighted by Gasteiger charge is -2.25. The highest BCUT2D eigenvalue weighted by Crippen LogP contribution is 2.24. The molecule has 1 saturated heterocycles. The maximum Gasteiger partial charge on any atom is 0.262 e. The van der Waals surface area contributed by atoms with Gasteiger partial charge in [0, 0.05) is 19.6 Å². The standard InChI is InChI=1S/C19H22FN3O3S/c1-13-11-14(20)7-8-18(13)27(25,26)22-17-6-4-3-5-16(17)19(24)23(2)15-9-10-21-12-15/h3-8,11,15,21-22H,9-10,12H2,1-2H3.